The molecule has 0 heterocycles. The van der Waals surface area contributed by atoms with Crippen LogP contribution in [0.25, 0.3) is 0 Å². The van der Waals surface area contributed by atoms with Crippen molar-refractivity contribution in [2.75, 3.05) is 0 Å². The van der Waals surface area contributed by atoms with Crippen LogP contribution in [-0.4, -0.2) is 45.4 Å². The molecule has 10 heavy (non-hydrogen) atoms. The Labute approximate surface area is 58.2 Å². The van der Waals surface area contributed by atoms with Gasteiger partial charge in [0.1, 0.15) is 12.2 Å². The summed E-state index contributed by atoms with van der Waals surface area (Å²) < 4.78 is 0. The number of hydrogen-bond acceptors (Lipinski definition) is 4. The Morgan fingerprint density at radius 2 is 1.70 bits per heavy atom. The van der Waals surface area contributed by atoms with E-state index < -0.39 is 18.3 Å². The Balaban J connectivity index is 0. The summed E-state index contributed by atoms with van der Waals surface area (Å²) in [5.74, 6) is 0. The molecule has 3 atom stereocenters. The van der Waals surface area contributed by atoms with E-state index in [9.17, 15) is 4.79 Å². The Kier molecular flexibility index (Phi) is 6.48. The molecule has 0 aromatic rings. The van der Waals surface area contributed by atoms with E-state index in [1.54, 1.807) is 0 Å². The van der Waals surface area contributed by atoms with Gasteiger partial charge in [-0.3, -0.25) is 0 Å². The third-order valence-electron chi connectivity index (χ3n) is 0.984. The molecule has 0 unspecified atom stereocenters. The summed E-state index contributed by atoms with van der Waals surface area (Å²) >= 11 is 0. The number of carbonyl (C=O) groups excluding carboxylic acids is 1. The van der Waals surface area contributed by atoms with Gasteiger partial charge >= 0.3 is 0 Å². The van der Waals surface area contributed by atoms with Crippen molar-refractivity contribution in [1.29, 1.82) is 0 Å². The van der Waals surface area contributed by atoms with Crippen molar-refractivity contribution in [2.24, 2.45) is 0 Å². The molecule has 0 spiro atoms. The van der Waals surface area contributed by atoms with Crippen molar-refractivity contribution < 1.29 is 25.6 Å². The van der Waals surface area contributed by atoms with Gasteiger partial charge in [-0.15, -0.1) is 0 Å². The summed E-state index contributed by atoms with van der Waals surface area (Å²) in [6.07, 6.45) is -3.75. The quantitative estimate of drug-likeness (QED) is 0.387. The summed E-state index contributed by atoms with van der Waals surface area (Å²) in [6.45, 7) is 1.29. The average molecular weight is 152 g/mol. The van der Waals surface area contributed by atoms with Crippen molar-refractivity contribution in [2.45, 2.75) is 25.2 Å². The lowest BCUT2D eigenvalue weighted by Gasteiger charge is -2.14. The van der Waals surface area contributed by atoms with Crippen LogP contribution in [0.4, 0.5) is 0 Å². The second-order valence-corrected chi connectivity index (χ2v) is 1.86. The van der Waals surface area contributed by atoms with Crippen LogP contribution < -0.4 is 0 Å². The molecule has 0 amide bonds. The summed E-state index contributed by atoms with van der Waals surface area (Å²) in [5.41, 5.74) is 0. The first-order valence-corrected chi connectivity index (χ1v) is 2.59. The normalized spacial score (nSPS) is 18.4. The minimum atomic E-state index is -1.48. The molecule has 0 fully saturated rings. The van der Waals surface area contributed by atoms with E-state index in [0.29, 0.717) is 0 Å². The molecule has 0 aromatic carbocycles. The summed E-state index contributed by atoms with van der Waals surface area (Å²) in [5, 5.41) is 25.7. The monoisotopic (exact) mass is 152 g/mol. The lowest BCUT2D eigenvalue weighted by molar-refractivity contribution is -0.125. The molecule has 0 radical (unpaired) electrons. The lowest BCUT2D eigenvalue weighted by atomic mass is 10.1. The average Bonchev–Trinajstić information content (AvgIpc) is 1.84. The molecule has 0 aromatic heterocycles. The summed E-state index contributed by atoms with van der Waals surface area (Å²) in [7, 11) is 0. The maximum Gasteiger partial charge on any atom is 0.151 e. The zero-order valence-electron chi connectivity index (χ0n) is 5.56. The minimum absolute atomic E-state index is 0. The van der Waals surface area contributed by atoms with E-state index in [-0.39, 0.29) is 11.8 Å². The zero-order chi connectivity index (χ0) is 7.44. The van der Waals surface area contributed by atoms with Gasteiger partial charge in [-0.1, -0.05) is 0 Å². The van der Waals surface area contributed by atoms with Gasteiger partial charge in [-0.2, -0.15) is 0 Å². The summed E-state index contributed by atoms with van der Waals surface area (Å²) in [6, 6.07) is 0. The van der Waals surface area contributed by atoms with Gasteiger partial charge in [0, 0.05) is 0 Å². The number of rotatable bonds is 3. The number of hydrogen-bond donors (Lipinski definition) is 3. The lowest BCUT2D eigenvalue weighted by Crippen LogP contribution is -2.36. The Morgan fingerprint density at radius 1 is 1.30 bits per heavy atom. The second kappa shape index (κ2) is 5.31. The topological polar surface area (TPSA) is 109 Å². The molecule has 5 nitrogen and oxygen atoms in total. The fourth-order valence-corrected chi connectivity index (χ4v) is 0.366. The van der Waals surface area contributed by atoms with E-state index in [1.165, 1.54) is 6.92 Å². The Hall–Kier alpha value is -0.490. The molecular formula is C5H12O5. The van der Waals surface area contributed by atoms with E-state index in [1.807, 2.05) is 0 Å². The highest BCUT2D eigenvalue weighted by molar-refractivity contribution is 5.56. The fourth-order valence-electron chi connectivity index (χ4n) is 0.366. The highest BCUT2D eigenvalue weighted by Gasteiger charge is 2.19. The van der Waals surface area contributed by atoms with Crippen molar-refractivity contribution in [3.63, 3.8) is 0 Å². The third-order valence-corrected chi connectivity index (χ3v) is 0.984. The zero-order valence-corrected chi connectivity index (χ0v) is 5.56. The molecule has 0 aliphatic rings. The smallest absolute Gasteiger partial charge is 0.151 e. The van der Waals surface area contributed by atoms with E-state index in [2.05, 4.69) is 0 Å². The molecule has 0 saturated carbocycles. The highest BCUT2D eigenvalue weighted by atomic mass is 16.4. The van der Waals surface area contributed by atoms with E-state index in [4.69, 9.17) is 15.3 Å². The SMILES string of the molecule is C[C@H](O)[C@H](O)[C@@H](O)C=O.O. The fraction of sp³-hybridized carbons (Fsp3) is 0.800. The minimum Gasteiger partial charge on any atom is -0.412 e. The number of aliphatic hydroxyl groups excluding tert-OH is 3. The molecule has 0 saturated heterocycles. The molecule has 62 valence electrons. The number of aliphatic hydroxyl groups is 3. The maximum atomic E-state index is 9.73. The molecule has 5 heteroatoms. The van der Waals surface area contributed by atoms with Crippen LogP contribution in [0.5, 0.6) is 0 Å². The van der Waals surface area contributed by atoms with Crippen LogP contribution in [-0.2, 0) is 4.79 Å². The van der Waals surface area contributed by atoms with Crippen molar-refractivity contribution in [3.8, 4) is 0 Å². The van der Waals surface area contributed by atoms with Gasteiger partial charge in [0.2, 0.25) is 0 Å². The number of carbonyl (C=O) groups is 1. The van der Waals surface area contributed by atoms with Crippen LogP contribution in [0.2, 0.25) is 0 Å². The van der Waals surface area contributed by atoms with Gasteiger partial charge in [0.15, 0.2) is 6.29 Å². The van der Waals surface area contributed by atoms with Crippen LogP contribution in [0.3, 0.4) is 0 Å². The summed E-state index contributed by atoms with van der Waals surface area (Å²) in [4.78, 5) is 9.73. The van der Waals surface area contributed by atoms with Crippen LogP contribution >= 0.6 is 0 Å². The van der Waals surface area contributed by atoms with Crippen molar-refractivity contribution in [1.82, 2.24) is 0 Å². The first kappa shape index (κ1) is 12.2. The largest absolute Gasteiger partial charge is 0.412 e. The predicted octanol–water partition coefficient (Wildman–Crippen LogP) is -2.54. The Bertz CT molecular complexity index is 92.0. The van der Waals surface area contributed by atoms with Crippen molar-refractivity contribution >= 4 is 6.29 Å². The molecular weight excluding hydrogens is 140 g/mol. The second-order valence-electron chi connectivity index (χ2n) is 1.86. The molecule has 0 aliphatic carbocycles. The van der Waals surface area contributed by atoms with Crippen LogP contribution in [0.15, 0.2) is 0 Å². The van der Waals surface area contributed by atoms with Gasteiger partial charge in [0.25, 0.3) is 0 Å². The van der Waals surface area contributed by atoms with Crippen molar-refractivity contribution in [3.05, 3.63) is 0 Å². The van der Waals surface area contributed by atoms with Gasteiger partial charge in [-0.25, -0.2) is 0 Å². The van der Waals surface area contributed by atoms with Gasteiger partial charge in [-0.05, 0) is 6.92 Å². The first-order valence-electron chi connectivity index (χ1n) is 2.59. The molecule has 0 bridgehead atoms. The third kappa shape index (κ3) is 3.52. The van der Waals surface area contributed by atoms with Crippen LogP contribution in [0, 0.1) is 0 Å². The van der Waals surface area contributed by atoms with Gasteiger partial charge < -0.3 is 25.6 Å². The first-order chi connectivity index (χ1) is 4.09. The van der Waals surface area contributed by atoms with E-state index in [0.717, 1.165) is 0 Å². The molecule has 0 rings (SSSR count). The number of aldehydes is 1. The molecule has 5 N–H and O–H groups in total. The Morgan fingerprint density at radius 3 is 1.80 bits per heavy atom. The van der Waals surface area contributed by atoms with Crippen LogP contribution in [0.1, 0.15) is 6.92 Å². The molecule has 0 aliphatic heterocycles. The standard InChI is InChI=1S/C5H10O4.H2O/c1-3(7)5(9)4(8)2-6;/h2-5,7-9H,1H3;1H2/t3-,4-,5-;/m0./s1. The van der Waals surface area contributed by atoms with Gasteiger partial charge in [0.05, 0.1) is 6.10 Å². The highest BCUT2D eigenvalue weighted by Crippen LogP contribution is 1.95. The predicted molar refractivity (Wildman–Crippen MR) is 33.4 cm³/mol. The maximum absolute atomic E-state index is 9.73. The van der Waals surface area contributed by atoms with E-state index >= 15 is 0 Å².